The third-order valence-corrected chi connectivity index (χ3v) is 11.9. The molecule has 1 aliphatic rings. The fraction of sp³-hybridized carbons (Fsp3) is 0.385. The molecular formula is C39H49N11O10S2. The highest BCUT2D eigenvalue weighted by Gasteiger charge is 2.34. The van der Waals surface area contributed by atoms with Crippen LogP contribution in [-0.4, -0.2) is 129 Å². The van der Waals surface area contributed by atoms with Crippen LogP contribution in [0, 0.1) is 5.41 Å². The second-order valence-corrected chi connectivity index (χ2v) is 16.8. The average molecular weight is 896 g/mol. The molecule has 8 amide bonds. The number of amides is 8. The summed E-state index contributed by atoms with van der Waals surface area (Å²) in [7, 11) is 2.28. The minimum absolute atomic E-state index is 0.0274. The standard InChI is InChI=1S/C39H49N11O10S2/c1-20-39(60)50(13-11-23-17-43-26-6-4-3-5-25(23)26)21(2)36(57)49-29(35(42)56)19-62-61-14-12-30(51)47-27(15-31(52)46-24-9-7-22(8-10-24)34(40)41)37(58)44-18-32(53)48-28(16-33(54)55)38(59)45-20/h3-10,17,20-21,27-29,43H,11-16,18-19H2,1-2H3,(H3,40,41)(H2,42,56)(H,44,58)(H,45,59)(H,46,52)(H,47,51)(H,48,53)(H,49,57)(H,54,55)/t20-,21-,27?,28?,29?/m0/s1. The van der Waals surface area contributed by atoms with E-state index in [0.29, 0.717) is 11.3 Å². The van der Waals surface area contributed by atoms with E-state index in [0.717, 1.165) is 38.1 Å². The molecule has 0 bridgehead atoms. The molecular weight excluding hydrogens is 847 g/mol. The number of nitrogens with one attached hydrogen (secondary N) is 8. The molecule has 0 saturated carbocycles. The Morgan fingerprint density at radius 2 is 1.53 bits per heavy atom. The second kappa shape index (κ2) is 22.8. The Morgan fingerprint density at radius 3 is 2.21 bits per heavy atom. The molecule has 62 heavy (non-hydrogen) atoms. The van der Waals surface area contributed by atoms with E-state index in [1.54, 1.807) is 6.20 Å². The monoisotopic (exact) mass is 895 g/mol. The number of para-hydroxylation sites is 1. The van der Waals surface area contributed by atoms with Crippen LogP contribution in [0.3, 0.4) is 0 Å². The number of aliphatic carboxylic acids is 1. The van der Waals surface area contributed by atoms with Gasteiger partial charge in [-0.25, -0.2) is 0 Å². The van der Waals surface area contributed by atoms with Gasteiger partial charge in [0.1, 0.15) is 36.0 Å². The number of nitrogens with zero attached hydrogens (tertiary/aromatic N) is 1. The van der Waals surface area contributed by atoms with Gasteiger partial charge in [-0.3, -0.25) is 48.6 Å². The molecule has 1 aliphatic heterocycles. The summed E-state index contributed by atoms with van der Waals surface area (Å²) in [5.74, 6) is -8.31. The first-order valence-electron chi connectivity index (χ1n) is 19.3. The summed E-state index contributed by atoms with van der Waals surface area (Å²) in [6.45, 7) is 1.91. The fourth-order valence-electron chi connectivity index (χ4n) is 6.16. The zero-order valence-corrected chi connectivity index (χ0v) is 35.4. The van der Waals surface area contributed by atoms with Crippen molar-refractivity contribution in [1.29, 1.82) is 5.41 Å². The van der Waals surface area contributed by atoms with Gasteiger partial charge in [-0.15, -0.1) is 0 Å². The van der Waals surface area contributed by atoms with Crippen LogP contribution in [0.2, 0.25) is 0 Å². The molecule has 1 fully saturated rings. The largest absolute Gasteiger partial charge is 0.481 e. The lowest BCUT2D eigenvalue weighted by molar-refractivity contribution is -0.144. The highest BCUT2D eigenvalue weighted by atomic mass is 33.1. The van der Waals surface area contributed by atoms with Gasteiger partial charge in [0.25, 0.3) is 0 Å². The van der Waals surface area contributed by atoms with Crippen LogP contribution < -0.4 is 43.4 Å². The molecule has 332 valence electrons. The van der Waals surface area contributed by atoms with Crippen molar-refractivity contribution in [2.24, 2.45) is 11.5 Å². The summed E-state index contributed by atoms with van der Waals surface area (Å²) in [6.07, 6.45) is 0.343. The third-order valence-electron chi connectivity index (χ3n) is 9.52. The van der Waals surface area contributed by atoms with Crippen molar-refractivity contribution in [3.8, 4) is 0 Å². The summed E-state index contributed by atoms with van der Waals surface area (Å²) in [5.41, 5.74) is 13.5. The van der Waals surface area contributed by atoms with Gasteiger partial charge in [0, 0.05) is 52.8 Å². The fourth-order valence-corrected chi connectivity index (χ4v) is 8.33. The predicted molar refractivity (Wildman–Crippen MR) is 231 cm³/mol. The number of H-pyrrole nitrogens is 1. The highest BCUT2D eigenvalue weighted by molar-refractivity contribution is 8.76. The van der Waals surface area contributed by atoms with Gasteiger partial charge in [0.15, 0.2) is 0 Å². The third kappa shape index (κ3) is 14.2. The number of primary amides is 1. The smallest absolute Gasteiger partial charge is 0.305 e. The average Bonchev–Trinajstić information content (AvgIpc) is 3.64. The molecule has 1 aromatic heterocycles. The number of hydrogen-bond donors (Lipinski definition) is 11. The number of fused-ring (bicyclic) bond motifs is 1. The molecule has 3 unspecified atom stereocenters. The van der Waals surface area contributed by atoms with E-state index in [1.807, 2.05) is 24.3 Å². The number of hydrogen-bond acceptors (Lipinski definition) is 12. The highest BCUT2D eigenvalue weighted by Crippen LogP contribution is 2.23. The number of carbonyl (C=O) groups excluding carboxylic acids is 8. The Labute approximate surface area is 363 Å². The predicted octanol–water partition coefficient (Wildman–Crippen LogP) is -0.939. The van der Waals surface area contributed by atoms with Crippen molar-refractivity contribution < 1.29 is 48.3 Å². The molecule has 0 aliphatic carbocycles. The first-order valence-corrected chi connectivity index (χ1v) is 21.7. The van der Waals surface area contributed by atoms with E-state index in [2.05, 4.69) is 36.9 Å². The lowest BCUT2D eigenvalue weighted by atomic mass is 10.1. The molecule has 23 heteroatoms. The van der Waals surface area contributed by atoms with E-state index in [-0.39, 0.29) is 36.7 Å². The lowest BCUT2D eigenvalue weighted by Gasteiger charge is -2.32. The van der Waals surface area contributed by atoms with Crippen LogP contribution >= 0.6 is 21.6 Å². The number of aromatic nitrogens is 1. The zero-order chi connectivity index (χ0) is 45.5. The number of aromatic amines is 1. The van der Waals surface area contributed by atoms with Crippen molar-refractivity contribution in [3.63, 3.8) is 0 Å². The Hall–Kier alpha value is -6.62. The van der Waals surface area contributed by atoms with Crippen LogP contribution in [0.1, 0.15) is 44.2 Å². The Morgan fingerprint density at radius 1 is 0.855 bits per heavy atom. The van der Waals surface area contributed by atoms with Gasteiger partial charge < -0.3 is 58.4 Å². The molecule has 0 spiro atoms. The summed E-state index contributed by atoms with van der Waals surface area (Å²) < 4.78 is 0. The number of benzene rings is 2. The second-order valence-electron chi connectivity index (χ2n) is 14.2. The number of amidine groups is 1. The van der Waals surface area contributed by atoms with E-state index >= 15 is 0 Å². The Bertz CT molecular complexity index is 2180. The van der Waals surface area contributed by atoms with Crippen molar-refractivity contribution >= 4 is 97.2 Å². The van der Waals surface area contributed by atoms with Crippen LogP contribution in [-0.2, 0) is 49.6 Å². The van der Waals surface area contributed by atoms with Crippen molar-refractivity contribution in [2.45, 2.75) is 69.7 Å². The summed E-state index contributed by atoms with van der Waals surface area (Å²) in [6, 6.07) is 6.36. The molecule has 0 radical (unpaired) electrons. The van der Waals surface area contributed by atoms with Crippen molar-refractivity contribution in [2.75, 3.05) is 29.9 Å². The first-order chi connectivity index (χ1) is 29.4. The number of carboxylic acid groups (broad SMARTS) is 1. The van der Waals surface area contributed by atoms with Crippen LogP contribution in [0.5, 0.6) is 0 Å². The number of nitrogens with two attached hydrogens (primary N) is 2. The summed E-state index contributed by atoms with van der Waals surface area (Å²) in [5, 5.41) is 32.5. The molecule has 3 aromatic rings. The van der Waals surface area contributed by atoms with E-state index in [9.17, 15) is 48.3 Å². The van der Waals surface area contributed by atoms with E-state index in [1.165, 1.54) is 43.0 Å². The summed E-state index contributed by atoms with van der Waals surface area (Å²) in [4.78, 5) is 122. The van der Waals surface area contributed by atoms with Crippen LogP contribution in [0.25, 0.3) is 10.9 Å². The zero-order valence-electron chi connectivity index (χ0n) is 33.8. The minimum atomic E-state index is -1.74. The number of anilines is 1. The maximum atomic E-state index is 14.1. The van der Waals surface area contributed by atoms with Crippen LogP contribution in [0.4, 0.5) is 5.69 Å². The molecule has 5 atom stereocenters. The van der Waals surface area contributed by atoms with Crippen LogP contribution in [0.15, 0.2) is 54.7 Å². The quantitative estimate of drug-likeness (QED) is 0.0666. The number of carbonyl (C=O) groups is 9. The number of nitrogen functional groups attached to an aromatic ring is 1. The molecule has 2 aromatic carbocycles. The number of carboxylic acids is 1. The van der Waals surface area contributed by atoms with Gasteiger partial charge in [0.2, 0.25) is 47.3 Å². The lowest BCUT2D eigenvalue weighted by Crippen LogP contribution is -2.59. The van der Waals surface area contributed by atoms with Crippen molar-refractivity contribution in [3.05, 3.63) is 65.9 Å². The SMILES string of the molecule is C[C@@H]1NC(=O)C(CC(=O)O)NC(=O)CNC(=O)C(CC(=O)Nc2ccc(C(=N)N)cc2)NC(=O)CCSSCC(C(N)=O)NC(=O)[C@H](C)N(CCc2c[nH]c3ccccc23)C1=O. The molecule has 1 saturated heterocycles. The Kier molecular flexibility index (Phi) is 17.7. The Balaban J connectivity index is 1.56. The van der Waals surface area contributed by atoms with Gasteiger partial charge in [0.05, 0.1) is 19.4 Å². The minimum Gasteiger partial charge on any atom is -0.481 e. The summed E-state index contributed by atoms with van der Waals surface area (Å²) >= 11 is 0. The topological polar surface area (TPSA) is 341 Å². The van der Waals surface area contributed by atoms with Gasteiger partial charge in [-0.05, 0) is 56.2 Å². The van der Waals surface area contributed by atoms with Gasteiger partial charge >= 0.3 is 5.97 Å². The number of rotatable bonds is 10. The van der Waals surface area contributed by atoms with Crippen molar-refractivity contribution in [1.82, 2.24) is 36.5 Å². The van der Waals surface area contributed by atoms with E-state index < -0.39 is 103 Å². The van der Waals surface area contributed by atoms with Gasteiger partial charge in [-0.2, -0.15) is 0 Å². The maximum absolute atomic E-state index is 14.1. The van der Waals surface area contributed by atoms with Gasteiger partial charge in [-0.1, -0.05) is 39.8 Å². The molecule has 4 rings (SSSR count). The van der Waals surface area contributed by atoms with E-state index in [4.69, 9.17) is 16.9 Å². The molecule has 21 nitrogen and oxygen atoms in total. The molecule has 13 N–H and O–H groups in total. The first kappa shape index (κ1) is 48.1. The molecule has 2 heterocycles. The maximum Gasteiger partial charge on any atom is 0.305 e. The normalized spacial score (nSPS) is 21.7.